The molecular formula is C30H46O. The monoisotopic (exact) mass is 422 g/mol. The molecule has 0 unspecified atom stereocenters. The van der Waals surface area contributed by atoms with Gasteiger partial charge in [-0.1, -0.05) is 104 Å². The van der Waals surface area contributed by atoms with Gasteiger partial charge in [-0.25, -0.2) is 0 Å². The molecular weight excluding hydrogens is 376 g/mol. The van der Waals surface area contributed by atoms with Gasteiger partial charge in [-0.05, 0) is 71.6 Å². The van der Waals surface area contributed by atoms with Crippen molar-refractivity contribution in [1.29, 1.82) is 0 Å². The van der Waals surface area contributed by atoms with Gasteiger partial charge in [-0.3, -0.25) is 0 Å². The first-order valence-corrected chi connectivity index (χ1v) is 12.2. The average molecular weight is 423 g/mol. The molecule has 0 radical (unpaired) electrons. The lowest BCUT2D eigenvalue weighted by Gasteiger charge is -2.33. The number of hydrogen-bond acceptors (Lipinski definition) is 1. The number of ether oxygens (including phenoxy) is 1. The first-order chi connectivity index (χ1) is 14.4. The number of rotatable bonds is 11. The third-order valence-electron chi connectivity index (χ3n) is 6.21. The lowest BCUT2D eigenvalue weighted by Crippen LogP contribution is -2.24. The van der Waals surface area contributed by atoms with Crippen molar-refractivity contribution >= 4 is 0 Å². The van der Waals surface area contributed by atoms with Crippen LogP contribution in [0.5, 0.6) is 5.75 Å². The highest BCUT2D eigenvalue weighted by Crippen LogP contribution is 2.37. The molecule has 0 aromatic heterocycles. The van der Waals surface area contributed by atoms with E-state index < -0.39 is 0 Å². The molecule has 1 heteroatoms. The molecule has 0 aliphatic heterocycles. The van der Waals surface area contributed by atoms with Crippen molar-refractivity contribution in [2.45, 2.75) is 99.3 Å². The van der Waals surface area contributed by atoms with E-state index in [0.717, 1.165) is 25.2 Å². The molecule has 0 aliphatic carbocycles. The first-order valence-electron chi connectivity index (χ1n) is 12.2. The molecule has 172 valence electrons. The van der Waals surface area contributed by atoms with Crippen LogP contribution in [0.15, 0.2) is 48.5 Å². The molecule has 0 aliphatic rings. The van der Waals surface area contributed by atoms with Crippen molar-refractivity contribution in [3.8, 4) is 5.75 Å². The third kappa shape index (κ3) is 9.09. The molecule has 0 heterocycles. The molecule has 0 saturated heterocycles. The van der Waals surface area contributed by atoms with E-state index in [0.29, 0.717) is 10.8 Å². The number of aryl methyl sites for hydroxylation is 1. The second-order valence-electron chi connectivity index (χ2n) is 12.1. The minimum absolute atomic E-state index is 0.175. The van der Waals surface area contributed by atoms with Crippen LogP contribution in [0.3, 0.4) is 0 Å². The molecule has 2 aromatic carbocycles. The Balaban J connectivity index is 1.75. The van der Waals surface area contributed by atoms with Crippen LogP contribution in [0.4, 0.5) is 0 Å². The molecule has 2 aromatic rings. The summed E-state index contributed by atoms with van der Waals surface area (Å²) < 4.78 is 6.13. The van der Waals surface area contributed by atoms with Gasteiger partial charge in [0.25, 0.3) is 0 Å². The Hall–Kier alpha value is -1.76. The Morgan fingerprint density at radius 1 is 0.774 bits per heavy atom. The van der Waals surface area contributed by atoms with Gasteiger partial charge in [-0.2, -0.15) is 0 Å². The smallest absolute Gasteiger partial charge is 0.122 e. The summed E-state index contributed by atoms with van der Waals surface area (Å²) in [5, 5.41) is 0. The van der Waals surface area contributed by atoms with Crippen LogP contribution in [0.1, 0.15) is 97.3 Å². The maximum Gasteiger partial charge on any atom is 0.122 e. The fourth-order valence-electron chi connectivity index (χ4n) is 4.96. The van der Waals surface area contributed by atoms with E-state index in [1.54, 1.807) is 0 Å². The summed E-state index contributed by atoms with van der Waals surface area (Å²) in [5.41, 5.74) is 4.96. The van der Waals surface area contributed by atoms with E-state index in [9.17, 15) is 0 Å². The molecule has 2 rings (SSSR count). The highest BCUT2D eigenvalue weighted by atomic mass is 16.5. The van der Waals surface area contributed by atoms with Crippen LogP contribution < -0.4 is 4.74 Å². The molecule has 0 amide bonds. The topological polar surface area (TPSA) is 9.23 Å². The van der Waals surface area contributed by atoms with E-state index in [2.05, 4.69) is 104 Å². The van der Waals surface area contributed by atoms with Crippen LogP contribution in [-0.4, -0.2) is 6.61 Å². The third-order valence-corrected chi connectivity index (χ3v) is 6.21. The predicted molar refractivity (Wildman–Crippen MR) is 136 cm³/mol. The van der Waals surface area contributed by atoms with E-state index in [1.807, 2.05) is 0 Å². The van der Waals surface area contributed by atoms with Crippen molar-refractivity contribution in [2.75, 3.05) is 6.61 Å². The van der Waals surface area contributed by atoms with Gasteiger partial charge in [-0.15, -0.1) is 0 Å². The average Bonchev–Trinajstić information content (AvgIpc) is 2.64. The molecule has 0 fully saturated rings. The lowest BCUT2D eigenvalue weighted by atomic mass is 9.72. The Morgan fingerprint density at radius 2 is 1.45 bits per heavy atom. The highest BCUT2D eigenvalue weighted by molar-refractivity contribution is 5.39. The highest BCUT2D eigenvalue weighted by Gasteiger charge is 2.27. The molecule has 0 spiro atoms. The number of unbranched alkanes of at least 4 members (excludes halogenated alkanes) is 2. The fourth-order valence-corrected chi connectivity index (χ4v) is 4.96. The van der Waals surface area contributed by atoms with Crippen LogP contribution in [0.25, 0.3) is 0 Å². The summed E-state index contributed by atoms with van der Waals surface area (Å²) in [6.07, 6.45) is 7.20. The Labute approximate surface area is 192 Å². The summed E-state index contributed by atoms with van der Waals surface area (Å²) in [7, 11) is 0. The van der Waals surface area contributed by atoms with Crippen LogP contribution in [0.2, 0.25) is 0 Å². The quantitative estimate of drug-likeness (QED) is 0.328. The van der Waals surface area contributed by atoms with Crippen molar-refractivity contribution < 1.29 is 4.74 Å². The van der Waals surface area contributed by atoms with Crippen LogP contribution in [0, 0.1) is 17.8 Å². The molecule has 0 N–H and O–H groups in total. The Morgan fingerprint density at radius 3 is 2.06 bits per heavy atom. The summed E-state index contributed by atoms with van der Waals surface area (Å²) in [5.74, 6) is 1.04. The maximum atomic E-state index is 6.13. The second kappa shape index (κ2) is 10.7. The zero-order chi connectivity index (χ0) is 23.1. The number of hydrogen-bond donors (Lipinski definition) is 0. The first kappa shape index (κ1) is 25.5. The largest absolute Gasteiger partial charge is 0.493 e. The fraction of sp³-hybridized carbons (Fsp3) is 0.600. The van der Waals surface area contributed by atoms with Gasteiger partial charge < -0.3 is 4.74 Å². The lowest BCUT2D eigenvalue weighted by molar-refractivity contribution is 0.280. The summed E-state index contributed by atoms with van der Waals surface area (Å²) >= 11 is 0. The van der Waals surface area contributed by atoms with Crippen molar-refractivity contribution in [3.05, 3.63) is 65.2 Å². The minimum Gasteiger partial charge on any atom is -0.493 e. The second-order valence-corrected chi connectivity index (χ2v) is 12.1. The summed E-state index contributed by atoms with van der Waals surface area (Å²) in [6.45, 7) is 19.4. The van der Waals surface area contributed by atoms with Crippen LogP contribution in [-0.2, 0) is 11.8 Å². The molecule has 31 heavy (non-hydrogen) atoms. The Kier molecular flexibility index (Phi) is 8.81. The Bertz CT molecular complexity index is 793. The predicted octanol–water partition coefficient (Wildman–Crippen LogP) is 8.92. The van der Waals surface area contributed by atoms with E-state index in [1.165, 1.54) is 42.4 Å². The normalized spacial score (nSPS) is 12.8. The van der Waals surface area contributed by atoms with Gasteiger partial charge in [0.1, 0.15) is 5.75 Å². The van der Waals surface area contributed by atoms with Gasteiger partial charge in [0.05, 0.1) is 6.61 Å². The van der Waals surface area contributed by atoms with E-state index >= 15 is 0 Å². The minimum atomic E-state index is 0.175. The van der Waals surface area contributed by atoms with Crippen LogP contribution >= 0.6 is 0 Å². The van der Waals surface area contributed by atoms with Crippen molar-refractivity contribution in [1.82, 2.24) is 0 Å². The molecule has 0 atom stereocenters. The van der Waals surface area contributed by atoms with Crippen molar-refractivity contribution in [3.63, 3.8) is 0 Å². The zero-order valence-electron chi connectivity index (χ0n) is 21.5. The number of benzene rings is 2. The summed E-state index contributed by atoms with van der Waals surface area (Å²) in [6, 6.07) is 17.6. The standard InChI is InChI=1S/C30H46O/c1-24-21-26(30(7,8)23-28(2,3)4)17-18-27(24)31-20-14-10-13-19-29(5,6)22-25-15-11-9-12-16-25/h9,11-12,15-18,21H,10,13-14,19-20,22-23H2,1-8H3. The van der Waals surface area contributed by atoms with E-state index in [4.69, 9.17) is 4.74 Å². The van der Waals surface area contributed by atoms with Gasteiger partial charge in [0, 0.05) is 0 Å². The molecule has 0 saturated carbocycles. The maximum absolute atomic E-state index is 6.13. The summed E-state index contributed by atoms with van der Waals surface area (Å²) in [4.78, 5) is 0. The van der Waals surface area contributed by atoms with E-state index in [-0.39, 0.29) is 5.41 Å². The van der Waals surface area contributed by atoms with Gasteiger partial charge >= 0.3 is 0 Å². The molecule has 0 bridgehead atoms. The zero-order valence-corrected chi connectivity index (χ0v) is 21.5. The van der Waals surface area contributed by atoms with Gasteiger partial charge in [0.15, 0.2) is 0 Å². The SMILES string of the molecule is Cc1cc(C(C)(C)CC(C)(C)C)ccc1OCCCCCC(C)(C)Cc1ccccc1. The molecule has 1 nitrogen and oxygen atoms in total. The van der Waals surface area contributed by atoms with Gasteiger partial charge in [0.2, 0.25) is 0 Å². The van der Waals surface area contributed by atoms with Crippen molar-refractivity contribution in [2.24, 2.45) is 10.8 Å².